The maximum atomic E-state index is 12.8. The SMILES string of the molecule is CSCC[C@H](NC(=O)/C=C/c1ccc2c(c1)OCCO2)C(=O)Nc1ccc2oc(=O)[nH]c2c1. The van der Waals surface area contributed by atoms with E-state index in [1.165, 1.54) is 6.08 Å². The molecular formula is C23H23N3O6S. The number of anilines is 1. The van der Waals surface area contributed by atoms with Crippen molar-refractivity contribution in [2.75, 3.05) is 30.5 Å². The fourth-order valence-electron chi connectivity index (χ4n) is 3.32. The molecule has 0 saturated carbocycles. The molecule has 2 aromatic carbocycles. The third-order valence-electron chi connectivity index (χ3n) is 4.92. The summed E-state index contributed by atoms with van der Waals surface area (Å²) in [5.74, 6) is 0.698. The van der Waals surface area contributed by atoms with Crippen LogP contribution in [0.3, 0.4) is 0 Å². The zero-order chi connectivity index (χ0) is 23.2. The number of aromatic amines is 1. The number of nitrogens with one attached hydrogen (secondary N) is 3. The van der Waals surface area contributed by atoms with Crippen molar-refractivity contribution in [1.82, 2.24) is 10.3 Å². The number of benzene rings is 2. The molecule has 1 aliphatic heterocycles. The van der Waals surface area contributed by atoms with Crippen LogP contribution < -0.4 is 25.9 Å². The number of ether oxygens (including phenoxy) is 2. The van der Waals surface area contributed by atoms with Crippen molar-refractivity contribution in [2.24, 2.45) is 0 Å². The first-order chi connectivity index (χ1) is 16.0. The molecule has 172 valence electrons. The van der Waals surface area contributed by atoms with Gasteiger partial charge in [0.1, 0.15) is 19.3 Å². The predicted octanol–water partition coefficient (Wildman–Crippen LogP) is 2.78. The van der Waals surface area contributed by atoms with Gasteiger partial charge in [0.05, 0.1) is 5.52 Å². The number of fused-ring (bicyclic) bond motifs is 2. The lowest BCUT2D eigenvalue weighted by atomic mass is 10.1. The monoisotopic (exact) mass is 469 g/mol. The molecule has 9 nitrogen and oxygen atoms in total. The van der Waals surface area contributed by atoms with E-state index in [1.54, 1.807) is 48.2 Å². The molecule has 3 aromatic rings. The fourth-order valence-corrected chi connectivity index (χ4v) is 3.79. The van der Waals surface area contributed by atoms with E-state index in [-0.39, 0.29) is 11.8 Å². The number of carbonyl (C=O) groups excluding carboxylic acids is 2. The Bertz CT molecular complexity index is 1250. The van der Waals surface area contributed by atoms with Crippen molar-refractivity contribution in [2.45, 2.75) is 12.5 Å². The molecule has 0 bridgehead atoms. The van der Waals surface area contributed by atoms with Gasteiger partial charge in [-0.25, -0.2) is 4.79 Å². The minimum atomic E-state index is -0.728. The first kappa shape index (κ1) is 22.5. The number of aromatic nitrogens is 1. The molecule has 0 fully saturated rings. The summed E-state index contributed by atoms with van der Waals surface area (Å²) in [4.78, 5) is 39.2. The number of oxazole rings is 1. The summed E-state index contributed by atoms with van der Waals surface area (Å²) in [7, 11) is 0. The fraction of sp³-hybridized carbons (Fsp3) is 0.261. The van der Waals surface area contributed by atoms with Crippen molar-refractivity contribution < 1.29 is 23.5 Å². The molecule has 3 N–H and O–H groups in total. The number of thioether (sulfide) groups is 1. The summed E-state index contributed by atoms with van der Waals surface area (Å²) < 4.78 is 16.0. The van der Waals surface area contributed by atoms with Crippen molar-refractivity contribution in [3.8, 4) is 11.5 Å². The summed E-state index contributed by atoms with van der Waals surface area (Å²) in [6.45, 7) is 0.995. The number of rotatable bonds is 8. The number of amides is 2. The molecule has 1 aromatic heterocycles. The molecule has 2 heterocycles. The van der Waals surface area contributed by atoms with Crippen LogP contribution in [-0.2, 0) is 9.59 Å². The van der Waals surface area contributed by atoms with Gasteiger partial charge in [-0.3, -0.25) is 14.6 Å². The molecule has 0 saturated heterocycles. The predicted molar refractivity (Wildman–Crippen MR) is 127 cm³/mol. The van der Waals surface area contributed by atoms with Crippen LogP contribution in [0.1, 0.15) is 12.0 Å². The Kier molecular flexibility index (Phi) is 7.04. The van der Waals surface area contributed by atoms with Crippen LogP contribution in [0.2, 0.25) is 0 Å². The van der Waals surface area contributed by atoms with Gasteiger partial charge >= 0.3 is 5.76 Å². The summed E-state index contributed by atoms with van der Waals surface area (Å²) in [5.41, 5.74) is 2.14. The van der Waals surface area contributed by atoms with E-state index in [0.717, 1.165) is 5.56 Å². The number of H-pyrrole nitrogens is 1. The molecule has 10 heteroatoms. The molecule has 0 radical (unpaired) electrons. The lowest BCUT2D eigenvalue weighted by Crippen LogP contribution is -2.43. The number of carbonyl (C=O) groups is 2. The smallest absolute Gasteiger partial charge is 0.417 e. The normalized spacial score (nSPS) is 13.7. The van der Waals surface area contributed by atoms with Gasteiger partial charge in [0, 0.05) is 11.8 Å². The van der Waals surface area contributed by atoms with Gasteiger partial charge < -0.3 is 24.5 Å². The van der Waals surface area contributed by atoms with Crippen molar-refractivity contribution >= 4 is 46.4 Å². The van der Waals surface area contributed by atoms with E-state index in [1.807, 2.05) is 12.3 Å². The van der Waals surface area contributed by atoms with E-state index in [2.05, 4.69) is 15.6 Å². The molecule has 0 unspecified atom stereocenters. The highest BCUT2D eigenvalue weighted by molar-refractivity contribution is 7.98. The van der Waals surface area contributed by atoms with Crippen LogP contribution in [0.25, 0.3) is 17.2 Å². The molecular weight excluding hydrogens is 446 g/mol. The molecule has 4 rings (SSSR count). The van der Waals surface area contributed by atoms with Crippen LogP contribution >= 0.6 is 11.8 Å². The summed E-state index contributed by atoms with van der Waals surface area (Å²) in [5, 5.41) is 5.55. The average molecular weight is 470 g/mol. The van der Waals surface area contributed by atoms with E-state index in [0.29, 0.717) is 53.7 Å². The van der Waals surface area contributed by atoms with Gasteiger partial charge in [0.15, 0.2) is 17.1 Å². The van der Waals surface area contributed by atoms with Crippen LogP contribution in [0.5, 0.6) is 11.5 Å². The highest BCUT2D eigenvalue weighted by Gasteiger charge is 2.20. The number of hydrogen-bond donors (Lipinski definition) is 3. The molecule has 1 aliphatic rings. The Morgan fingerprint density at radius 2 is 1.97 bits per heavy atom. The second-order valence-corrected chi connectivity index (χ2v) is 8.28. The van der Waals surface area contributed by atoms with E-state index in [4.69, 9.17) is 13.9 Å². The Morgan fingerprint density at radius 1 is 1.15 bits per heavy atom. The third-order valence-corrected chi connectivity index (χ3v) is 5.57. The lowest BCUT2D eigenvalue weighted by molar-refractivity contribution is -0.123. The minimum Gasteiger partial charge on any atom is -0.486 e. The topological polar surface area (TPSA) is 123 Å². The largest absolute Gasteiger partial charge is 0.486 e. The second-order valence-electron chi connectivity index (χ2n) is 7.29. The van der Waals surface area contributed by atoms with Crippen LogP contribution in [0.4, 0.5) is 5.69 Å². The maximum absolute atomic E-state index is 12.8. The summed E-state index contributed by atoms with van der Waals surface area (Å²) in [6, 6.07) is 9.52. The maximum Gasteiger partial charge on any atom is 0.417 e. The molecule has 1 atom stereocenters. The summed E-state index contributed by atoms with van der Waals surface area (Å²) in [6.07, 6.45) is 5.43. The zero-order valence-corrected chi connectivity index (χ0v) is 18.7. The average Bonchev–Trinajstić information content (AvgIpc) is 3.19. The minimum absolute atomic E-state index is 0.352. The van der Waals surface area contributed by atoms with Crippen molar-refractivity contribution in [1.29, 1.82) is 0 Å². The van der Waals surface area contributed by atoms with Gasteiger partial charge in [-0.1, -0.05) is 6.07 Å². The van der Waals surface area contributed by atoms with E-state index in [9.17, 15) is 14.4 Å². The quantitative estimate of drug-likeness (QED) is 0.434. The van der Waals surface area contributed by atoms with E-state index >= 15 is 0 Å². The number of hydrogen-bond acceptors (Lipinski definition) is 7. The Balaban J connectivity index is 1.41. The highest BCUT2D eigenvalue weighted by atomic mass is 32.2. The third kappa shape index (κ3) is 5.78. The standard InChI is InChI=1S/C23H23N3O6S/c1-33-11-8-16(22(28)24-15-4-6-18-17(13-15)26-23(29)32-18)25-21(27)7-3-14-2-5-19-20(12-14)31-10-9-30-19/h2-7,12-13,16H,8-11H2,1H3,(H,24,28)(H,25,27)(H,26,29)/b7-3+/t16-/m0/s1. The Labute approximate surface area is 193 Å². The van der Waals surface area contributed by atoms with Crippen LogP contribution in [-0.4, -0.2) is 48.1 Å². The first-order valence-corrected chi connectivity index (χ1v) is 11.7. The first-order valence-electron chi connectivity index (χ1n) is 10.3. The van der Waals surface area contributed by atoms with Crippen LogP contribution in [0.15, 0.2) is 51.7 Å². The van der Waals surface area contributed by atoms with Gasteiger partial charge in [0.25, 0.3) is 0 Å². The van der Waals surface area contributed by atoms with Crippen molar-refractivity contribution in [3.63, 3.8) is 0 Å². The summed E-state index contributed by atoms with van der Waals surface area (Å²) >= 11 is 1.58. The van der Waals surface area contributed by atoms with Gasteiger partial charge in [0.2, 0.25) is 11.8 Å². The lowest BCUT2D eigenvalue weighted by Gasteiger charge is -2.18. The molecule has 2 amide bonds. The molecule has 0 spiro atoms. The van der Waals surface area contributed by atoms with Gasteiger partial charge in [-0.2, -0.15) is 11.8 Å². The molecule has 33 heavy (non-hydrogen) atoms. The van der Waals surface area contributed by atoms with Crippen LogP contribution in [0, 0.1) is 0 Å². The molecule has 0 aliphatic carbocycles. The van der Waals surface area contributed by atoms with Crippen molar-refractivity contribution in [3.05, 3.63) is 58.6 Å². The zero-order valence-electron chi connectivity index (χ0n) is 17.9. The second kappa shape index (κ2) is 10.3. The van der Waals surface area contributed by atoms with Gasteiger partial charge in [-0.05, 0) is 60.4 Å². The van der Waals surface area contributed by atoms with Gasteiger partial charge in [-0.15, -0.1) is 0 Å². The highest BCUT2D eigenvalue weighted by Crippen LogP contribution is 2.31. The Hall–Kier alpha value is -3.66. The Morgan fingerprint density at radius 3 is 2.79 bits per heavy atom. The van der Waals surface area contributed by atoms with E-state index < -0.39 is 11.8 Å².